The molecule has 1 unspecified atom stereocenters. The second kappa shape index (κ2) is 56.7. The van der Waals surface area contributed by atoms with Crippen LogP contribution in [-0.4, -0.2) is 158 Å². The number of allylic oxidation sites excluding steroid dienone is 2. The Hall–Kier alpha value is -2.43. The SMILES string of the molecule is CCCCCC/C=C\CCC[C@H](CCO[C@@H]1[C@@H](NC=O)[C@H](OCC2O[C@H](OCC(=O)O)[C@H](NC(=O)CC(=O)CCCCCCCCCCC)[C@@H](OCCCCCCCCCCCC)[C@@H]2O)O[C@H](COC)[C@H]1OP(=O)(O)O)OCCCCCCCCCCCCCC. The lowest BCUT2D eigenvalue weighted by Crippen LogP contribution is -2.67. The van der Waals surface area contributed by atoms with Gasteiger partial charge in [0.15, 0.2) is 12.6 Å². The molecule has 0 aromatic heterocycles. The Balaban J connectivity index is 2.35. The molecule has 2 saturated heterocycles. The molecule has 20 nitrogen and oxygen atoms in total. The molecule has 2 fully saturated rings. The molecule has 2 aliphatic heterocycles. The van der Waals surface area contributed by atoms with Crippen LogP contribution in [0.25, 0.3) is 0 Å². The largest absolute Gasteiger partial charge is 0.480 e. The summed E-state index contributed by atoms with van der Waals surface area (Å²) in [5.41, 5.74) is 0. The number of methoxy groups -OCH3 is 1. The van der Waals surface area contributed by atoms with E-state index in [0.29, 0.717) is 32.3 Å². The third kappa shape index (κ3) is 42.7. The van der Waals surface area contributed by atoms with Gasteiger partial charge in [0.25, 0.3) is 0 Å². The number of Topliss-reactive ketones (excluding diaryl/α,β-unsaturated/α-hetero) is 1. The predicted octanol–water partition coefficient (Wildman–Crippen LogP) is 14.4. The summed E-state index contributed by atoms with van der Waals surface area (Å²) < 4.78 is 67.8. The molecule has 0 aliphatic carbocycles. The first kappa shape index (κ1) is 84.7. The molecule has 534 valence electrons. The van der Waals surface area contributed by atoms with Crippen LogP contribution in [0.2, 0.25) is 0 Å². The quantitative estimate of drug-likeness (QED) is 0.0109. The normalized spacial score (nSPS) is 22.4. The van der Waals surface area contributed by atoms with Gasteiger partial charge in [-0.1, -0.05) is 239 Å². The van der Waals surface area contributed by atoms with Gasteiger partial charge in [-0.05, 0) is 57.8 Å². The molecule has 0 aromatic carbocycles. The van der Waals surface area contributed by atoms with Gasteiger partial charge in [-0.2, -0.15) is 0 Å². The number of hydrogen-bond donors (Lipinski definition) is 6. The molecular formula is C70H131N2O18P. The zero-order valence-corrected chi connectivity index (χ0v) is 58.4. The van der Waals surface area contributed by atoms with Gasteiger partial charge in [-0.25, -0.2) is 9.36 Å². The number of aliphatic carboxylic acids is 1. The van der Waals surface area contributed by atoms with Crippen LogP contribution in [-0.2, 0) is 66.2 Å². The molecule has 0 saturated carbocycles. The maximum atomic E-state index is 13.7. The van der Waals surface area contributed by atoms with E-state index < -0.39 is 101 Å². The van der Waals surface area contributed by atoms with Gasteiger partial charge >= 0.3 is 13.8 Å². The summed E-state index contributed by atoms with van der Waals surface area (Å²) in [7, 11) is -3.85. The van der Waals surface area contributed by atoms with Crippen LogP contribution in [0, 0.1) is 0 Å². The van der Waals surface area contributed by atoms with Crippen molar-refractivity contribution in [1.29, 1.82) is 0 Å². The summed E-state index contributed by atoms with van der Waals surface area (Å²) in [6.45, 7) is 8.03. The third-order valence-electron chi connectivity index (χ3n) is 17.4. The first-order valence-electron chi connectivity index (χ1n) is 36.4. The number of carbonyl (C=O) groups is 4. The third-order valence-corrected chi connectivity index (χ3v) is 17.9. The van der Waals surface area contributed by atoms with E-state index in [1.165, 1.54) is 148 Å². The zero-order valence-electron chi connectivity index (χ0n) is 57.5. The molecule has 21 heteroatoms. The van der Waals surface area contributed by atoms with E-state index in [-0.39, 0.29) is 38.1 Å². The van der Waals surface area contributed by atoms with Crippen LogP contribution in [0.4, 0.5) is 0 Å². The lowest BCUT2D eigenvalue weighted by molar-refractivity contribution is -0.307. The fraction of sp³-hybridized carbons (Fsp3) is 0.914. The predicted molar refractivity (Wildman–Crippen MR) is 357 cm³/mol. The van der Waals surface area contributed by atoms with Crippen LogP contribution in [0.3, 0.4) is 0 Å². The van der Waals surface area contributed by atoms with Gasteiger partial charge in [0, 0.05) is 33.4 Å². The Kier molecular flexibility index (Phi) is 52.8. The monoisotopic (exact) mass is 1320 g/mol. The lowest BCUT2D eigenvalue weighted by Gasteiger charge is -2.47. The highest BCUT2D eigenvalue weighted by atomic mass is 31.2. The van der Waals surface area contributed by atoms with Crippen molar-refractivity contribution in [3.8, 4) is 0 Å². The molecule has 11 atom stereocenters. The Labute approximate surface area is 550 Å². The van der Waals surface area contributed by atoms with E-state index in [1.807, 2.05) is 0 Å². The minimum Gasteiger partial charge on any atom is -0.480 e. The summed E-state index contributed by atoms with van der Waals surface area (Å²) in [6.07, 6.45) is 37.3. The van der Waals surface area contributed by atoms with Crippen molar-refractivity contribution in [2.75, 3.05) is 46.8 Å². The number of carbonyl (C=O) groups excluding carboxylic acids is 3. The average Bonchev–Trinajstić information content (AvgIpc) is 0.871. The van der Waals surface area contributed by atoms with Crippen molar-refractivity contribution >= 4 is 31.9 Å². The smallest absolute Gasteiger partial charge is 0.470 e. The number of unbranched alkanes of at least 4 members (excludes halogenated alkanes) is 33. The molecule has 0 radical (unpaired) electrons. The summed E-state index contributed by atoms with van der Waals surface area (Å²) in [5, 5.41) is 27.5. The second-order valence-corrected chi connectivity index (χ2v) is 26.8. The van der Waals surface area contributed by atoms with Crippen LogP contribution in [0.1, 0.15) is 297 Å². The fourth-order valence-electron chi connectivity index (χ4n) is 12.1. The van der Waals surface area contributed by atoms with Gasteiger partial charge in [-0.15, -0.1) is 0 Å². The van der Waals surface area contributed by atoms with E-state index in [9.17, 15) is 43.7 Å². The first-order chi connectivity index (χ1) is 44.2. The van der Waals surface area contributed by atoms with E-state index >= 15 is 0 Å². The fourth-order valence-corrected chi connectivity index (χ4v) is 12.7. The van der Waals surface area contributed by atoms with Crippen LogP contribution < -0.4 is 10.6 Å². The molecule has 2 aliphatic rings. The number of rotatable bonds is 64. The number of hydrogen-bond acceptors (Lipinski definition) is 15. The van der Waals surface area contributed by atoms with Crippen molar-refractivity contribution in [2.24, 2.45) is 0 Å². The number of nitrogens with one attached hydrogen (secondary N) is 2. The van der Waals surface area contributed by atoms with Crippen LogP contribution >= 0.6 is 7.82 Å². The van der Waals surface area contributed by atoms with Crippen LogP contribution in [0.5, 0.6) is 0 Å². The minimum atomic E-state index is -5.23. The lowest BCUT2D eigenvalue weighted by atomic mass is 9.95. The van der Waals surface area contributed by atoms with E-state index in [1.54, 1.807) is 0 Å². The van der Waals surface area contributed by atoms with E-state index in [0.717, 1.165) is 96.3 Å². The first-order valence-corrected chi connectivity index (χ1v) is 37.9. The Morgan fingerprint density at radius 2 is 1.00 bits per heavy atom. The maximum Gasteiger partial charge on any atom is 0.470 e. The van der Waals surface area contributed by atoms with Crippen molar-refractivity contribution in [3.05, 3.63) is 12.2 Å². The van der Waals surface area contributed by atoms with E-state index in [2.05, 4.69) is 50.5 Å². The molecular weight excluding hydrogens is 1190 g/mol. The standard InChI is InChI=1S/C70H131N2O18P/c1-6-10-14-18-22-26-28-29-33-36-40-44-49-83-58(47-43-39-35-31-25-21-17-13-9-4)48-51-85-68-63(71-56-73)69(89-60(53-82-5)66(68)90-91(79,80)81)86-54-59-65(78)67(84-50-45-41-37-32-27-23-19-15-11-7-2)64(70(88-59)87-55-62(76)77)72-61(75)52-57(74)46-42-38-34-30-24-20-16-12-8-3/h31,35,56,58-60,63-70,78H,6-30,32-34,36-55H2,1-5H3,(H,71,73)(H,72,75)(H,76,77)(H2,79,80,81)/b35-31-/t58-,59?,60-,63-,64-,65-,66-,67-,68-,69-,70+/m1/s1. The minimum absolute atomic E-state index is 0.0363. The molecule has 0 bridgehead atoms. The van der Waals surface area contributed by atoms with Crippen molar-refractivity contribution in [1.82, 2.24) is 10.6 Å². The number of ketones is 1. The highest BCUT2D eigenvalue weighted by Crippen LogP contribution is 2.42. The number of aliphatic hydroxyl groups is 1. The highest BCUT2D eigenvalue weighted by Gasteiger charge is 2.52. The molecule has 0 spiro atoms. The second-order valence-electron chi connectivity index (χ2n) is 25.6. The van der Waals surface area contributed by atoms with E-state index in [4.69, 9.17) is 42.4 Å². The number of carboxylic acids is 1. The molecule has 91 heavy (non-hydrogen) atoms. The Morgan fingerprint density at radius 1 is 0.527 bits per heavy atom. The molecule has 2 rings (SSSR count). The number of amides is 2. The molecule has 0 aromatic rings. The molecule has 2 heterocycles. The van der Waals surface area contributed by atoms with Crippen molar-refractivity contribution in [3.63, 3.8) is 0 Å². The van der Waals surface area contributed by atoms with Crippen LogP contribution in [0.15, 0.2) is 12.2 Å². The summed E-state index contributed by atoms with van der Waals surface area (Å²) in [6, 6.07) is -2.53. The zero-order chi connectivity index (χ0) is 66.4. The highest BCUT2D eigenvalue weighted by molar-refractivity contribution is 7.46. The summed E-state index contributed by atoms with van der Waals surface area (Å²) >= 11 is 0. The van der Waals surface area contributed by atoms with Gasteiger partial charge in [-0.3, -0.25) is 18.9 Å². The number of aliphatic hydroxyl groups excluding tert-OH is 1. The number of ether oxygens (including phenoxy) is 8. The van der Waals surface area contributed by atoms with Gasteiger partial charge in [0.2, 0.25) is 12.3 Å². The van der Waals surface area contributed by atoms with Gasteiger partial charge in [0.05, 0.1) is 25.7 Å². The maximum absolute atomic E-state index is 13.7. The topological polar surface area (TPSA) is 273 Å². The average molecular weight is 1320 g/mol. The van der Waals surface area contributed by atoms with Gasteiger partial charge < -0.3 is 68.5 Å². The van der Waals surface area contributed by atoms with Gasteiger partial charge in [0.1, 0.15) is 61.1 Å². The molecule has 2 amide bonds. The van der Waals surface area contributed by atoms with Crippen molar-refractivity contribution in [2.45, 2.75) is 365 Å². The Morgan fingerprint density at radius 3 is 1.52 bits per heavy atom. The summed E-state index contributed by atoms with van der Waals surface area (Å²) in [5.74, 6) is -2.25. The number of phosphoric ester groups is 1. The number of phosphoric acid groups is 1. The number of carboxylic acid groups (broad SMARTS) is 1. The molecule has 6 N–H and O–H groups in total. The Bertz CT molecular complexity index is 1850. The summed E-state index contributed by atoms with van der Waals surface area (Å²) in [4.78, 5) is 72.0. The van der Waals surface area contributed by atoms with Crippen molar-refractivity contribution < 1.29 is 86.2 Å².